The summed E-state index contributed by atoms with van der Waals surface area (Å²) >= 11 is 0. The molecule has 2 aromatic rings. The predicted molar refractivity (Wildman–Crippen MR) is 88.1 cm³/mol. The first-order valence-corrected chi connectivity index (χ1v) is 6.79. The number of hydrogen-bond donors (Lipinski definition) is 1. The Morgan fingerprint density at radius 2 is 1.71 bits per heavy atom. The van der Waals surface area contributed by atoms with Crippen LogP contribution >= 0.6 is 0 Å². The number of ether oxygens (including phenoxy) is 2. The van der Waals surface area contributed by atoms with Gasteiger partial charge in [-0.3, -0.25) is 4.99 Å². The van der Waals surface area contributed by atoms with Gasteiger partial charge in [-0.2, -0.15) is 0 Å². The quantitative estimate of drug-likeness (QED) is 0.576. The number of methoxy groups -OCH3 is 1. The molecule has 0 fully saturated rings. The van der Waals surface area contributed by atoms with Crippen molar-refractivity contribution < 1.29 is 22.6 Å². The lowest BCUT2D eigenvalue weighted by atomic mass is 10.1. The smallest absolute Gasteiger partial charge is 0.497 e. The van der Waals surface area contributed by atoms with Crippen molar-refractivity contribution in [3.63, 3.8) is 0 Å². The van der Waals surface area contributed by atoms with Crippen LogP contribution in [0.25, 0.3) is 5.76 Å². The molecule has 7 heteroatoms. The Bertz CT molecular complexity index is 740. The second kappa shape index (κ2) is 7.08. The Balaban J connectivity index is 2.16. The third-order valence-corrected chi connectivity index (χ3v) is 3.09. The van der Waals surface area contributed by atoms with E-state index in [9.17, 15) is 13.2 Å². The number of halogens is 3. The average molecular weight is 336 g/mol. The van der Waals surface area contributed by atoms with Crippen LogP contribution in [0.3, 0.4) is 0 Å². The number of alkyl halides is 3. The lowest BCUT2D eigenvalue weighted by Crippen LogP contribution is -2.16. The van der Waals surface area contributed by atoms with Crippen LogP contribution in [0, 0.1) is 0 Å². The topological polar surface area (TPSA) is 42.9 Å². The largest absolute Gasteiger partial charge is 0.573 e. The van der Waals surface area contributed by atoms with Crippen LogP contribution < -0.4 is 10.1 Å². The zero-order valence-corrected chi connectivity index (χ0v) is 12.9. The van der Waals surface area contributed by atoms with Gasteiger partial charge in [-0.15, -0.1) is 13.2 Å². The number of nitrogens with one attached hydrogen (secondary N) is 1. The molecule has 126 valence electrons. The van der Waals surface area contributed by atoms with E-state index in [-0.39, 0.29) is 5.75 Å². The van der Waals surface area contributed by atoms with E-state index in [0.717, 1.165) is 0 Å². The monoisotopic (exact) mass is 336 g/mol. The van der Waals surface area contributed by atoms with Crippen molar-refractivity contribution >= 4 is 29.5 Å². The van der Waals surface area contributed by atoms with Gasteiger partial charge in [0.1, 0.15) is 11.5 Å². The average Bonchev–Trinajstić information content (AvgIpc) is 2.54. The molecule has 0 aliphatic heterocycles. The van der Waals surface area contributed by atoms with Gasteiger partial charge in [-0.25, -0.2) is 0 Å². The number of anilines is 2. The molecule has 24 heavy (non-hydrogen) atoms. The Labute approximate surface area is 137 Å². The SMILES string of the molecule is C=Nc1cc(Nc2ccc(OC(F)(F)F)cc2)ccc1C(=C)OC. The summed E-state index contributed by atoms with van der Waals surface area (Å²) in [4.78, 5) is 3.92. The van der Waals surface area contributed by atoms with Gasteiger partial charge in [-0.05, 0) is 49.2 Å². The van der Waals surface area contributed by atoms with Gasteiger partial charge >= 0.3 is 6.36 Å². The Kier molecular flexibility index (Phi) is 5.13. The highest BCUT2D eigenvalue weighted by Gasteiger charge is 2.30. The molecule has 0 radical (unpaired) electrons. The van der Waals surface area contributed by atoms with Gasteiger partial charge in [0.2, 0.25) is 0 Å². The normalized spacial score (nSPS) is 10.8. The Morgan fingerprint density at radius 1 is 1.08 bits per heavy atom. The first-order valence-electron chi connectivity index (χ1n) is 6.79. The summed E-state index contributed by atoms with van der Waals surface area (Å²) in [6.45, 7) is 7.27. The summed E-state index contributed by atoms with van der Waals surface area (Å²) in [5.74, 6) is 0.172. The van der Waals surface area contributed by atoms with Crippen molar-refractivity contribution in [3.8, 4) is 5.75 Å². The standard InChI is InChI=1S/C17H15F3N2O2/c1-11(23-3)15-9-6-13(10-16(15)21-2)22-12-4-7-14(8-5-12)24-17(18,19)20/h4-10,22H,1-2H2,3H3. The maximum absolute atomic E-state index is 12.1. The molecule has 4 nitrogen and oxygen atoms in total. The number of nitrogens with zero attached hydrogens (tertiary/aromatic N) is 1. The lowest BCUT2D eigenvalue weighted by molar-refractivity contribution is -0.274. The molecule has 0 spiro atoms. The van der Waals surface area contributed by atoms with Crippen LogP contribution in [0.15, 0.2) is 54.0 Å². The van der Waals surface area contributed by atoms with Gasteiger partial charge < -0.3 is 14.8 Å². The highest BCUT2D eigenvalue weighted by molar-refractivity contribution is 5.75. The molecule has 0 atom stereocenters. The fourth-order valence-electron chi connectivity index (χ4n) is 1.99. The maximum atomic E-state index is 12.1. The van der Waals surface area contributed by atoms with Crippen LogP contribution in [0.1, 0.15) is 5.56 Å². The van der Waals surface area contributed by atoms with Gasteiger partial charge in [-0.1, -0.05) is 6.58 Å². The molecule has 2 aromatic carbocycles. The highest BCUT2D eigenvalue weighted by atomic mass is 19.4. The molecule has 0 aliphatic carbocycles. The fourth-order valence-corrected chi connectivity index (χ4v) is 1.99. The van der Waals surface area contributed by atoms with E-state index in [1.165, 1.54) is 31.4 Å². The molecule has 0 aliphatic rings. The molecule has 0 aromatic heterocycles. The third kappa shape index (κ3) is 4.52. The summed E-state index contributed by atoms with van der Waals surface area (Å²) in [7, 11) is 1.51. The number of rotatable bonds is 6. The van der Waals surface area contributed by atoms with Crippen molar-refractivity contribution in [2.24, 2.45) is 4.99 Å². The van der Waals surface area contributed by atoms with Gasteiger partial charge in [0, 0.05) is 16.9 Å². The van der Waals surface area contributed by atoms with Gasteiger partial charge in [0.25, 0.3) is 0 Å². The first-order chi connectivity index (χ1) is 11.3. The van der Waals surface area contributed by atoms with Crippen LogP contribution in [0.2, 0.25) is 0 Å². The molecule has 0 bridgehead atoms. The van der Waals surface area contributed by atoms with Crippen molar-refractivity contribution in [1.29, 1.82) is 0 Å². The van der Waals surface area contributed by atoms with E-state index in [0.29, 0.717) is 28.4 Å². The molecule has 0 heterocycles. The summed E-state index contributed by atoms with van der Waals surface area (Å²) in [5.41, 5.74) is 2.56. The number of benzene rings is 2. The van der Waals surface area contributed by atoms with Crippen molar-refractivity contribution in [3.05, 3.63) is 54.6 Å². The number of aliphatic imine (C=N–C) groups is 1. The fraction of sp³-hybridized carbons (Fsp3) is 0.118. The number of hydrogen-bond acceptors (Lipinski definition) is 4. The van der Waals surface area contributed by atoms with E-state index < -0.39 is 6.36 Å². The molecule has 1 N–H and O–H groups in total. The van der Waals surface area contributed by atoms with Crippen molar-refractivity contribution in [2.45, 2.75) is 6.36 Å². The summed E-state index contributed by atoms with van der Waals surface area (Å²) in [6.07, 6.45) is -4.71. The van der Waals surface area contributed by atoms with Crippen molar-refractivity contribution in [1.82, 2.24) is 0 Å². The van der Waals surface area contributed by atoms with E-state index >= 15 is 0 Å². The zero-order valence-electron chi connectivity index (χ0n) is 12.9. The minimum absolute atomic E-state index is 0.284. The predicted octanol–water partition coefficient (Wildman–Crippen LogP) is 5.28. The maximum Gasteiger partial charge on any atom is 0.573 e. The zero-order chi connectivity index (χ0) is 17.7. The first kappa shape index (κ1) is 17.4. The van der Waals surface area contributed by atoms with Crippen LogP contribution in [-0.2, 0) is 4.74 Å². The van der Waals surface area contributed by atoms with Gasteiger partial charge in [0.05, 0.1) is 12.8 Å². The molecular weight excluding hydrogens is 321 g/mol. The second-order valence-corrected chi connectivity index (χ2v) is 4.71. The Hall–Kier alpha value is -2.96. The molecule has 0 unspecified atom stereocenters. The van der Waals surface area contributed by atoms with E-state index in [1.54, 1.807) is 18.2 Å². The minimum Gasteiger partial charge on any atom is -0.497 e. The summed E-state index contributed by atoms with van der Waals surface area (Å²) < 4.78 is 45.3. The van der Waals surface area contributed by atoms with E-state index in [1.807, 2.05) is 0 Å². The van der Waals surface area contributed by atoms with Crippen LogP contribution in [-0.4, -0.2) is 20.2 Å². The molecule has 0 saturated carbocycles. The van der Waals surface area contributed by atoms with Crippen molar-refractivity contribution in [2.75, 3.05) is 12.4 Å². The highest BCUT2D eigenvalue weighted by Crippen LogP contribution is 2.31. The minimum atomic E-state index is -4.71. The second-order valence-electron chi connectivity index (χ2n) is 4.71. The molecule has 0 saturated heterocycles. The Morgan fingerprint density at radius 3 is 2.25 bits per heavy atom. The molecule has 2 rings (SSSR count). The summed E-state index contributed by atoms with van der Waals surface area (Å²) in [6, 6.07) is 10.7. The summed E-state index contributed by atoms with van der Waals surface area (Å²) in [5, 5.41) is 3.06. The molecule has 0 amide bonds. The molecular formula is C17H15F3N2O2. The lowest BCUT2D eigenvalue weighted by Gasteiger charge is -2.12. The van der Waals surface area contributed by atoms with E-state index in [4.69, 9.17) is 4.74 Å². The van der Waals surface area contributed by atoms with E-state index in [2.05, 4.69) is 28.3 Å². The third-order valence-electron chi connectivity index (χ3n) is 3.09. The van der Waals surface area contributed by atoms with Crippen LogP contribution in [0.5, 0.6) is 5.75 Å². The van der Waals surface area contributed by atoms with Gasteiger partial charge in [0.15, 0.2) is 0 Å². The van der Waals surface area contributed by atoms with Crippen LogP contribution in [0.4, 0.5) is 30.2 Å².